The van der Waals surface area contributed by atoms with Crippen molar-refractivity contribution in [1.82, 2.24) is 25.0 Å². The van der Waals surface area contributed by atoms with Crippen LogP contribution < -0.4 is 10.2 Å². The number of H-pyrrole nitrogens is 1. The molecule has 5 rings (SSSR count). The molecule has 3 N–H and O–H groups in total. The maximum atomic E-state index is 13.0. The topological polar surface area (TPSA) is 108 Å². The Bertz CT molecular complexity index is 1640. The van der Waals surface area contributed by atoms with E-state index in [1.807, 2.05) is 74.8 Å². The van der Waals surface area contributed by atoms with E-state index in [9.17, 15) is 14.7 Å². The fourth-order valence-electron chi connectivity index (χ4n) is 5.45. The molecule has 0 saturated carbocycles. The molecule has 1 aromatic heterocycles. The van der Waals surface area contributed by atoms with Crippen LogP contribution in [0.15, 0.2) is 77.8 Å². The molecule has 0 aliphatic carbocycles. The van der Waals surface area contributed by atoms with Gasteiger partial charge < -0.3 is 30.1 Å². The first-order chi connectivity index (χ1) is 21.7. The first kappa shape index (κ1) is 31.9. The molecule has 1 aliphatic rings. The molecule has 0 unspecified atom stereocenters. The number of piperazine rings is 1. The molecule has 10 heteroatoms. The van der Waals surface area contributed by atoms with Gasteiger partial charge in [0, 0.05) is 67.5 Å². The lowest BCUT2D eigenvalue weighted by Gasteiger charge is -2.32. The molecule has 2 amide bonds. The van der Waals surface area contributed by atoms with Crippen LogP contribution in [-0.2, 0) is 4.79 Å². The van der Waals surface area contributed by atoms with Crippen LogP contribution in [0, 0.1) is 0 Å². The van der Waals surface area contributed by atoms with E-state index in [2.05, 4.69) is 32.0 Å². The predicted octanol–water partition coefficient (Wildman–Crippen LogP) is 3.93. The van der Waals surface area contributed by atoms with Crippen LogP contribution in [0.25, 0.3) is 10.9 Å². The Kier molecular flexibility index (Phi) is 10.3. The quantitative estimate of drug-likeness (QED) is 0.176. The number of aromatic amines is 1. The van der Waals surface area contributed by atoms with Crippen LogP contribution in [0.5, 0.6) is 5.88 Å². The fraction of sp³-hybridized carbons (Fsp3) is 0.343. The zero-order valence-electron chi connectivity index (χ0n) is 26.6. The van der Waals surface area contributed by atoms with E-state index in [0.717, 1.165) is 55.8 Å². The number of aromatic nitrogens is 1. The summed E-state index contributed by atoms with van der Waals surface area (Å²) in [4.78, 5) is 42.1. The van der Waals surface area contributed by atoms with Gasteiger partial charge in [0.2, 0.25) is 5.91 Å². The van der Waals surface area contributed by atoms with E-state index < -0.39 is 0 Å². The van der Waals surface area contributed by atoms with Crippen molar-refractivity contribution >= 4 is 39.8 Å². The number of aliphatic imine (C=N–C) groups is 1. The number of carbonyl (C=O) groups excluding carboxylic acids is 2. The molecule has 0 atom stereocenters. The SMILES string of the molecule is CN(C)CCCNC(=O)c1ccc2c(C(=Nc3ccc(N(C)C(=O)CN4CCN(C)CC4)cc3)c3ccccc3)c(O)[nH]c2c1. The van der Waals surface area contributed by atoms with Crippen molar-refractivity contribution in [3.63, 3.8) is 0 Å². The summed E-state index contributed by atoms with van der Waals surface area (Å²) < 4.78 is 0. The van der Waals surface area contributed by atoms with Gasteiger partial charge in [-0.25, -0.2) is 4.99 Å². The average molecular weight is 610 g/mol. The van der Waals surface area contributed by atoms with E-state index in [4.69, 9.17) is 4.99 Å². The number of hydrogen-bond acceptors (Lipinski definition) is 7. The number of rotatable bonds is 11. The number of nitrogens with one attached hydrogen (secondary N) is 2. The average Bonchev–Trinajstić information content (AvgIpc) is 3.37. The highest BCUT2D eigenvalue weighted by atomic mass is 16.3. The number of hydrogen-bond donors (Lipinski definition) is 3. The Hall–Kier alpha value is -4.51. The smallest absolute Gasteiger partial charge is 0.251 e. The minimum absolute atomic E-state index is 0.0259. The zero-order chi connectivity index (χ0) is 31.9. The van der Waals surface area contributed by atoms with Crippen LogP contribution >= 0.6 is 0 Å². The summed E-state index contributed by atoms with van der Waals surface area (Å²) in [5, 5.41) is 14.9. The van der Waals surface area contributed by atoms with Gasteiger partial charge in [-0.05, 0) is 70.5 Å². The number of nitrogens with zero attached hydrogens (tertiary/aromatic N) is 5. The number of carbonyl (C=O) groups is 2. The van der Waals surface area contributed by atoms with Gasteiger partial charge in [-0.15, -0.1) is 0 Å². The number of fused-ring (bicyclic) bond motifs is 1. The van der Waals surface area contributed by atoms with E-state index in [1.54, 1.807) is 24.1 Å². The second-order valence-electron chi connectivity index (χ2n) is 11.9. The lowest BCUT2D eigenvalue weighted by Crippen LogP contribution is -2.48. The second-order valence-corrected chi connectivity index (χ2v) is 11.9. The summed E-state index contributed by atoms with van der Waals surface area (Å²) in [7, 11) is 7.91. The summed E-state index contributed by atoms with van der Waals surface area (Å²) in [6.07, 6.45) is 0.857. The number of likely N-dealkylation sites (N-methyl/N-ethyl adjacent to an activating group) is 2. The summed E-state index contributed by atoms with van der Waals surface area (Å²) in [5.41, 5.74) is 4.60. The van der Waals surface area contributed by atoms with E-state index in [0.29, 0.717) is 41.1 Å². The van der Waals surface area contributed by atoms with Crippen LogP contribution in [0.2, 0.25) is 0 Å². The molecule has 10 nitrogen and oxygen atoms in total. The van der Waals surface area contributed by atoms with Gasteiger partial charge in [0.1, 0.15) is 0 Å². The minimum Gasteiger partial charge on any atom is -0.494 e. The van der Waals surface area contributed by atoms with Crippen molar-refractivity contribution in [2.45, 2.75) is 6.42 Å². The molecule has 1 fully saturated rings. The lowest BCUT2D eigenvalue weighted by molar-refractivity contribution is -0.119. The summed E-state index contributed by atoms with van der Waals surface area (Å²) in [6.45, 7) is 5.57. The van der Waals surface area contributed by atoms with Crippen LogP contribution in [0.1, 0.15) is 27.9 Å². The predicted molar refractivity (Wildman–Crippen MR) is 181 cm³/mol. The third kappa shape index (κ3) is 7.96. The first-order valence-electron chi connectivity index (χ1n) is 15.4. The van der Waals surface area contributed by atoms with Gasteiger partial charge >= 0.3 is 0 Å². The first-order valence-corrected chi connectivity index (χ1v) is 15.4. The Labute approximate surface area is 265 Å². The third-order valence-corrected chi connectivity index (χ3v) is 8.20. The van der Waals surface area contributed by atoms with Crippen molar-refractivity contribution in [3.05, 3.63) is 89.5 Å². The molecule has 1 aliphatic heterocycles. The third-order valence-electron chi connectivity index (χ3n) is 8.20. The number of benzene rings is 3. The van der Waals surface area contributed by atoms with Crippen LogP contribution in [0.3, 0.4) is 0 Å². The molecule has 0 radical (unpaired) electrons. The largest absolute Gasteiger partial charge is 0.494 e. The monoisotopic (exact) mass is 609 g/mol. The van der Waals surface area contributed by atoms with Crippen molar-refractivity contribution in [2.75, 3.05) is 78.9 Å². The highest BCUT2D eigenvalue weighted by Crippen LogP contribution is 2.32. The molecule has 236 valence electrons. The van der Waals surface area contributed by atoms with Gasteiger partial charge in [0.05, 0.1) is 23.5 Å². The lowest BCUT2D eigenvalue weighted by atomic mass is 10.00. The Morgan fingerprint density at radius 2 is 1.64 bits per heavy atom. The van der Waals surface area contributed by atoms with Crippen LogP contribution in [0.4, 0.5) is 11.4 Å². The number of anilines is 1. The summed E-state index contributed by atoms with van der Waals surface area (Å²) >= 11 is 0. The van der Waals surface area contributed by atoms with Crippen molar-refractivity contribution in [1.29, 1.82) is 0 Å². The van der Waals surface area contributed by atoms with Crippen molar-refractivity contribution in [2.24, 2.45) is 4.99 Å². The fourth-order valence-corrected chi connectivity index (χ4v) is 5.45. The van der Waals surface area contributed by atoms with Gasteiger partial charge in [0.25, 0.3) is 5.91 Å². The standard InChI is InChI=1S/C35H43N7O3/c1-39(2)18-8-17-36-34(44)26-11-16-29-30(23-26)38-35(45)32(29)33(25-9-6-5-7-10-25)37-27-12-14-28(15-13-27)41(4)31(43)24-42-21-19-40(3)20-22-42/h5-7,9-16,23,38,45H,8,17-22,24H2,1-4H3,(H,36,44). The van der Waals surface area contributed by atoms with Crippen molar-refractivity contribution < 1.29 is 14.7 Å². The Balaban J connectivity index is 1.38. The van der Waals surface area contributed by atoms with E-state index in [1.165, 1.54) is 0 Å². The molecule has 0 bridgehead atoms. The van der Waals surface area contributed by atoms with E-state index in [-0.39, 0.29) is 17.7 Å². The zero-order valence-corrected chi connectivity index (χ0v) is 26.6. The molecule has 0 spiro atoms. The normalized spacial score (nSPS) is 14.6. The van der Waals surface area contributed by atoms with Gasteiger partial charge in [-0.2, -0.15) is 0 Å². The highest BCUT2D eigenvalue weighted by Gasteiger charge is 2.21. The minimum atomic E-state index is -0.157. The van der Waals surface area contributed by atoms with Gasteiger partial charge in [-0.1, -0.05) is 36.4 Å². The number of aromatic hydroxyl groups is 1. The van der Waals surface area contributed by atoms with Crippen molar-refractivity contribution in [3.8, 4) is 5.88 Å². The van der Waals surface area contributed by atoms with Gasteiger partial charge in [-0.3, -0.25) is 14.5 Å². The Morgan fingerprint density at radius 1 is 0.933 bits per heavy atom. The number of amides is 2. The summed E-state index contributed by atoms with van der Waals surface area (Å²) in [6, 6.07) is 22.6. The second kappa shape index (κ2) is 14.5. The molecule has 4 aromatic rings. The van der Waals surface area contributed by atoms with Gasteiger partial charge in [0.15, 0.2) is 5.88 Å². The molecular formula is C35H43N7O3. The maximum absolute atomic E-state index is 13.0. The van der Waals surface area contributed by atoms with E-state index >= 15 is 0 Å². The Morgan fingerprint density at radius 3 is 2.33 bits per heavy atom. The molecular weight excluding hydrogens is 566 g/mol. The molecule has 2 heterocycles. The maximum Gasteiger partial charge on any atom is 0.251 e. The highest BCUT2D eigenvalue weighted by molar-refractivity contribution is 6.22. The van der Waals surface area contributed by atoms with Crippen LogP contribution in [-0.4, -0.2) is 116 Å². The molecule has 45 heavy (non-hydrogen) atoms. The molecule has 3 aromatic carbocycles. The summed E-state index contributed by atoms with van der Waals surface area (Å²) in [5.74, 6) is -0.136. The molecule has 1 saturated heterocycles.